The first-order valence-corrected chi connectivity index (χ1v) is 4.43. The summed E-state index contributed by atoms with van der Waals surface area (Å²) in [7, 11) is 0. The van der Waals surface area contributed by atoms with E-state index in [9.17, 15) is 0 Å². The summed E-state index contributed by atoms with van der Waals surface area (Å²) in [5.41, 5.74) is 5.73. The number of benzene rings is 1. The molecule has 2 rings (SSSR count). The zero-order chi connectivity index (χ0) is 10.4. The molecule has 74 valence electrons. The molecule has 0 spiro atoms. The van der Waals surface area contributed by atoms with Gasteiger partial charge in [0.15, 0.2) is 0 Å². The molecule has 0 aliphatic carbocycles. The van der Waals surface area contributed by atoms with Gasteiger partial charge in [-0.05, 0) is 19.1 Å². The molecule has 1 atom stereocenters. The van der Waals surface area contributed by atoms with E-state index >= 15 is 0 Å². The van der Waals surface area contributed by atoms with Gasteiger partial charge in [0.05, 0.1) is 11.7 Å². The van der Waals surface area contributed by atoms with Gasteiger partial charge in [-0.2, -0.15) is 0 Å². The second kappa shape index (κ2) is 5.32. The van der Waals surface area contributed by atoms with Gasteiger partial charge in [-0.15, -0.1) is 0 Å². The third-order valence-electron chi connectivity index (χ3n) is 1.51. The first-order valence-electron chi connectivity index (χ1n) is 4.43. The number of nitrogens with two attached hydrogens (primary N) is 1. The highest BCUT2D eigenvalue weighted by Gasteiger charge is 1.86. The van der Waals surface area contributed by atoms with Crippen molar-refractivity contribution in [2.45, 2.75) is 13.2 Å². The fraction of sp³-hybridized carbons (Fsp3) is 0.182. The summed E-state index contributed by atoms with van der Waals surface area (Å²) in [5, 5.41) is 9.03. The van der Waals surface area contributed by atoms with Gasteiger partial charge in [0.2, 0.25) is 0 Å². The lowest BCUT2D eigenvalue weighted by Gasteiger charge is -1.91. The second-order valence-electron chi connectivity index (χ2n) is 2.94. The lowest BCUT2D eigenvalue weighted by atomic mass is 10.2. The Balaban J connectivity index is 0.000000213. The summed E-state index contributed by atoms with van der Waals surface area (Å²) in [6.45, 7) is 1.50. The van der Waals surface area contributed by atoms with Crippen LogP contribution in [0, 0.1) is 0 Å². The third-order valence-corrected chi connectivity index (χ3v) is 1.51. The van der Waals surface area contributed by atoms with Crippen molar-refractivity contribution in [1.82, 2.24) is 4.98 Å². The smallest absolute Gasteiger partial charge is 0.0991 e. The van der Waals surface area contributed by atoms with Crippen molar-refractivity contribution in [3.05, 3.63) is 42.6 Å². The standard InChI is InChI=1S/C9H7N.C2H7NO/c1-2-6-9-8(4-1)5-3-7-10-9;1-2(3)4/h1-7H;2,4H,3H2,1H3. The van der Waals surface area contributed by atoms with Crippen LogP contribution in [0.25, 0.3) is 10.9 Å². The normalized spacial score (nSPS) is 11.6. The number of pyridine rings is 1. The van der Waals surface area contributed by atoms with Crippen LogP contribution in [-0.4, -0.2) is 16.3 Å². The SMILES string of the molecule is CC(N)O.c1ccc2ncccc2c1. The molecule has 14 heavy (non-hydrogen) atoms. The van der Waals surface area contributed by atoms with Crippen molar-refractivity contribution in [2.24, 2.45) is 5.73 Å². The van der Waals surface area contributed by atoms with Gasteiger partial charge >= 0.3 is 0 Å². The van der Waals surface area contributed by atoms with Crippen molar-refractivity contribution < 1.29 is 5.11 Å². The quantitative estimate of drug-likeness (QED) is 0.619. The molecule has 0 saturated carbocycles. The van der Waals surface area contributed by atoms with Crippen LogP contribution in [0.5, 0.6) is 0 Å². The Kier molecular flexibility index (Phi) is 4.04. The number of aliphatic hydroxyl groups excluding tert-OH is 1. The van der Waals surface area contributed by atoms with E-state index in [0.717, 1.165) is 5.52 Å². The van der Waals surface area contributed by atoms with E-state index in [0.29, 0.717) is 0 Å². The van der Waals surface area contributed by atoms with Crippen LogP contribution < -0.4 is 5.73 Å². The van der Waals surface area contributed by atoms with E-state index in [1.807, 2.05) is 30.5 Å². The van der Waals surface area contributed by atoms with Crippen molar-refractivity contribution in [2.75, 3.05) is 0 Å². The van der Waals surface area contributed by atoms with E-state index in [-0.39, 0.29) is 0 Å². The highest BCUT2D eigenvalue weighted by molar-refractivity contribution is 5.77. The van der Waals surface area contributed by atoms with Gasteiger partial charge in [-0.25, -0.2) is 0 Å². The Labute approximate surface area is 83.2 Å². The number of aromatic nitrogens is 1. The third kappa shape index (κ3) is 3.51. The predicted molar refractivity (Wildman–Crippen MR) is 57.6 cm³/mol. The van der Waals surface area contributed by atoms with Gasteiger partial charge in [0.25, 0.3) is 0 Å². The molecule has 3 heteroatoms. The minimum Gasteiger partial charge on any atom is -0.379 e. The number of hydrogen-bond acceptors (Lipinski definition) is 3. The minimum atomic E-state index is -0.667. The number of para-hydroxylation sites is 1. The molecule has 0 amide bonds. The van der Waals surface area contributed by atoms with Crippen molar-refractivity contribution >= 4 is 10.9 Å². The molecule has 0 aliphatic rings. The number of aliphatic hydroxyl groups is 1. The zero-order valence-corrected chi connectivity index (χ0v) is 8.09. The topological polar surface area (TPSA) is 59.1 Å². The van der Waals surface area contributed by atoms with Gasteiger partial charge in [-0.3, -0.25) is 4.98 Å². The Morgan fingerprint density at radius 1 is 1.21 bits per heavy atom. The highest BCUT2D eigenvalue weighted by atomic mass is 16.3. The van der Waals surface area contributed by atoms with Crippen molar-refractivity contribution in [1.29, 1.82) is 0 Å². The average molecular weight is 190 g/mol. The largest absolute Gasteiger partial charge is 0.379 e. The first kappa shape index (κ1) is 10.6. The lowest BCUT2D eigenvalue weighted by Crippen LogP contribution is -2.11. The molecule has 1 unspecified atom stereocenters. The predicted octanol–water partition coefficient (Wildman–Crippen LogP) is 1.52. The number of fused-ring (bicyclic) bond motifs is 1. The van der Waals surface area contributed by atoms with Crippen molar-refractivity contribution in [3.8, 4) is 0 Å². The summed E-state index contributed by atoms with van der Waals surface area (Å²) in [6.07, 6.45) is 1.14. The molecule has 1 aromatic heterocycles. The van der Waals surface area contributed by atoms with Crippen molar-refractivity contribution in [3.63, 3.8) is 0 Å². The molecule has 1 aromatic carbocycles. The van der Waals surface area contributed by atoms with Crippen LogP contribution >= 0.6 is 0 Å². The summed E-state index contributed by atoms with van der Waals surface area (Å²) < 4.78 is 0. The monoisotopic (exact) mass is 190 g/mol. The molecule has 0 aliphatic heterocycles. The molecule has 0 saturated heterocycles. The summed E-state index contributed by atoms with van der Waals surface area (Å²) in [5.74, 6) is 0. The summed E-state index contributed by atoms with van der Waals surface area (Å²) in [6, 6.07) is 12.1. The van der Waals surface area contributed by atoms with Crippen LogP contribution in [0.2, 0.25) is 0 Å². The minimum absolute atomic E-state index is 0.667. The maximum Gasteiger partial charge on any atom is 0.0991 e. The van der Waals surface area contributed by atoms with E-state index in [2.05, 4.69) is 22.9 Å². The Morgan fingerprint density at radius 2 is 1.79 bits per heavy atom. The maximum atomic E-state index is 7.83. The van der Waals surface area contributed by atoms with Crippen LogP contribution in [0.1, 0.15) is 6.92 Å². The molecule has 1 heterocycles. The Bertz CT molecular complexity index is 319. The van der Waals surface area contributed by atoms with E-state index < -0.39 is 6.23 Å². The highest BCUT2D eigenvalue weighted by Crippen LogP contribution is 2.07. The summed E-state index contributed by atoms with van der Waals surface area (Å²) in [4.78, 5) is 4.18. The average Bonchev–Trinajstić information content (AvgIpc) is 2.17. The molecule has 3 nitrogen and oxygen atoms in total. The number of rotatable bonds is 0. The fourth-order valence-electron chi connectivity index (χ4n) is 1.02. The van der Waals surface area contributed by atoms with E-state index in [1.54, 1.807) is 0 Å². The Morgan fingerprint density at radius 3 is 2.43 bits per heavy atom. The second-order valence-corrected chi connectivity index (χ2v) is 2.94. The lowest BCUT2D eigenvalue weighted by molar-refractivity contribution is 0.203. The van der Waals surface area contributed by atoms with Gasteiger partial charge in [0, 0.05) is 11.6 Å². The molecule has 0 fully saturated rings. The van der Waals surface area contributed by atoms with Gasteiger partial charge in [0.1, 0.15) is 0 Å². The number of hydrogen-bond donors (Lipinski definition) is 2. The van der Waals surface area contributed by atoms with Crippen LogP contribution in [0.3, 0.4) is 0 Å². The van der Waals surface area contributed by atoms with Crippen LogP contribution in [0.4, 0.5) is 0 Å². The molecular formula is C11H14N2O. The van der Waals surface area contributed by atoms with Gasteiger partial charge in [-0.1, -0.05) is 24.3 Å². The molecule has 2 aromatic rings. The van der Waals surface area contributed by atoms with E-state index in [1.165, 1.54) is 12.3 Å². The molecular weight excluding hydrogens is 176 g/mol. The first-order chi connectivity index (χ1) is 6.70. The van der Waals surface area contributed by atoms with Gasteiger partial charge < -0.3 is 10.8 Å². The van der Waals surface area contributed by atoms with Crippen LogP contribution in [-0.2, 0) is 0 Å². The summed E-state index contributed by atoms with van der Waals surface area (Å²) >= 11 is 0. The number of nitrogens with zero attached hydrogens (tertiary/aromatic N) is 1. The van der Waals surface area contributed by atoms with Crippen LogP contribution in [0.15, 0.2) is 42.6 Å². The molecule has 0 radical (unpaired) electrons. The maximum absolute atomic E-state index is 7.83. The molecule has 0 bridgehead atoms. The fourth-order valence-corrected chi connectivity index (χ4v) is 1.02. The zero-order valence-electron chi connectivity index (χ0n) is 8.09. The van der Waals surface area contributed by atoms with E-state index in [4.69, 9.17) is 5.11 Å². The molecule has 3 N–H and O–H groups in total. The Hall–Kier alpha value is -1.45.